The first-order chi connectivity index (χ1) is 14.1. The zero-order valence-corrected chi connectivity index (χ0v) is 16.1. The van der Waals surface area contributed by atoms with Gasteiger partial charge in [-0.2, -0.15) is 0 Å². The van der Waals surface area contributed by atoms with Crippen LogP contribution in [-0.2, 0) is 20.7 Å². The molecule has 0 saturated carbocycles. The monoisotopic (exact) mass is 387 g/mol. The number of furan rings is 1. The smallest absolute Gasteiger partial charge is 0.310 e. The number of nitrogens with one attached hydrogen (secondary N) is 1. The SMILES string of the molecule is C[C@@H](NC(=O)COC(=O)Cc1coc2ccc3ccccc3c12)c1ccccc1. The maximum absolute atomic E-state index is 12.3. The topological polar surface area (TPSA) is 68.5 Å². The Morgan fingerprint density at radius 3 is 2.59 bits per heavy atom. The van der Waals surface area contributed by atoms with Crippen LogP contribution >= 0.6 is 0 Å². The standard InChI is InChI=1S/C24H21NO4/c1-16(17-7-3-2-4-8-17)25-22(26)15-29-23(27)13-19-14-28-21-12-11-18-9-5-6-10-20(18)24(19)21/h2-12,14,16H,13,15H2,1H3,(H,25,26)/t16-/m1/s1. The molecular formula is C24H21NO4. The normalized spacial score (nSPS) is 12.0. The summed E-state index contributed by atoms with van der Waals surface area (Å²) < 4.78 is 10.8. The largest absolute Gasteiger partial charge is 0.464 e. The number of benzene rings is 3. The number of esters is 1. The summed E-state index contributed by atoms with van der Waals surface area (Å²) in [6.07, 6.45) is 1.62. The van der Waals surface area contributed by atoms with E-state index in [1.54, 1.807) is 6.26 Å². The highest BCUT2D eigenvalue weighted by Crippen LogP contribution is 2.30. The first-order valence-electron chi connectivity index (χ1n) is 9.49. The van der Waals surface area contributed by atoms with Gasteiger partial charge in [0.15, 0.2) is 6.61 Å². The summed E-state index contributed by atoms with van der Waals surface area (Å²) in [4.78, 5) is 24.4. The van der Waals surface area contributed by atoms with Crippen LogP contribution in [0, 0.1) is 0 Å². The lowest BCUT2D eigenvalue weighted by Crippen LogP contribution is -2.31. The Kier molecular flexibility index (Phi) is 5.29. The van der Waals surface area contributed by atoms with E-state index in [0.29, 0.717) is 0 Å². The van der Waals surface area contributed by atoms with Crippen LogP contribution < -0.4 is 5.32 Å². The van der Waals surface area contributed by atoms with Crippen LogP contribution in [0.1, 0.15) is 24.1 Å². The van der Waals surface area contributed by atoms with Gasteiger partial charge < -0.3 is 14.5 Å². The first-order valence-corrected chi connectivity index (χ1v) is 9.49. The number of ether oxygens (including phenoxy) is 1. The quantitative estimate of drug-likeness (QED) is 0.493. The molecule has 0 spiro atoms. The molecule has 0 fully saturated rings. The second-order valence-corrected chi connectivity index (χ2v) is 6.96. The molecule has 1 N–H and O–H groups in total. The number of amides is 1. The van der Waals surface area contributed by atoms with E-state index in [1.165, 1.54) is 0 Å². The number of fused-ring (bicyclic) bond motifs is 3. The van der Waals surface area contributed by atoms with Crippen molar-refractivity contribution < 1.29 is 18.7 Å². The van der Waals surface area contributed by atoms with Crippen LogP contribution in [0.5, 0.6) is 0 Å². The lowest BCUT2D eigenvalue weighted by Gasteiger charge is -2.14. The van der Waals surface area contributed by atoms with Crippen LogP contribution in [0.4, 0.5) is 0 Å². The van der Waals surface area contributed by atoms with Gasteiger partial charge in [0, 0.05) is 10.9 Å². The highest BCUT2D eigenvalue weighted by Gasteiger charge is 2.16. The number of carbonyl (C=O) groups excluding carboxylic acids is 2. The molecule has 29 heavy (non-hydrogen) atoms. The first kappa shape index (κ1) is 18.7. The van der Waals surface area contributed by atoms with E-state index in [4.69, 9.17) is 9.15 Å². The fourth-order valence-electron chi connectivity index (χ4n) is 3.47. The lowest BCUT2D eigenvalue weighted by molar-refractivity contribution is -0.148. The summed E-state index contributed by atoms with van der Waals surface area (Å²) in [5.74, 6) is -0.805. The molecule has 0 bridgehead atoms. The van der Waals surface area contributed by atoms with Crippen molar-refractivity contribution in [3.05, 3.63) is 84.1 Å². The van der Waals surface area contributed by atoms with Gasteiger partial charge in [0.1, 0.15) is 5.58 Å². The van der Waals surface area contributed by atoms with E-state index >= 15 is 0 Å². The zero-order valence-electron chi connectivity index (χ0n) is 16.1. The van der Waals surface area contributed by atoms with Crippen molar-refractivity contribution >= 4 is 33.6 Å². The molecule has 146 valence electrons. The Hall–Kier alpha value is -3.60. The van der Waals surface area contributed by atoms with Crippen molar-refractivity contribution in [2.24, 2.45) is 0 Å². The Morgan fingerprint density at radius 1 is 1.00 bits per heavy atom. The Labute approximate surface area is 168 Å². The van der Waals surface area contributed by atoms with Gasteiger partial charge >= 0.3 is 5.97 Å². The fourth-order valence-corrected chi connectivity index (χ4v) is 3.47. The Morgan fingerprint density at radius 2 is 1.76 bits per heavy atom. The predicted octanol–water partition coefficient (Wildman–Crippen LogP) is 4.55. The molecule has 1 aromatic heterocycles. The fraction of sp³-hybridized carbons (Fsp3) is 0.167. The summed E-state index contributed by atoms with van der Waals surface area (Å²) in [5.41, 5.74) is 2.46. The minimum atomic E-state index is -0.469. The minimum absolute atomic E-state index is 0.0442. The molecule has 4 rings (SSSR count). The van der Waals surface area contributed by atoms with Crippen LogP contribution in [0.2, 0.25) is 0 Å². The molecule has 0 saturated heterocycles. The number of hydrogen-bond acceptors (Lipinski definition) is 4. The third-order valence-electron chi connectivity index (χ3n) is 4.92. The molecule has 5 heteroatoms. The molecule has 0 aliphatic heterocycles. The summed E-state index contributed by atoms with van der Waals surface area (Å²) in [6.45, 7) is 1.57. The molecule has 4 aromatic rings. The molecule has 1 heterocycles. The molecular weight excluding hydrogens is 366 g/mol. The van der Waals surface area contributed by atoms with Crippen LogP contribution in [0.15, 0.2) is 77.4 Å². The van der Waals surface area contributed by atoms with Crippen molar-refractivity contribution in [1.82, 2.24) is 5.32 Å². The average Bonchev–Trinajstić information content (AvgIpc) is 3.16. The predicted molar refractivity (Wildman–Crippen MR) is 111 cm³/mol. The average molecular weight is 387 g/mol. The second kappa shape index (κ2) is 8.19. The van der Waals surface area contributed by atoms with Gasteiger partial charge in [-0.25, -0.2) is 0 Å². The van der Waals surface area contributed by atoms with E-state index in [9.17, 15) is 9.59 Å². The van der Waals surface area contributed by atoms with Crippen LogP contribution in [0.25, 0.3) is 21.7 Å². The third-order valence-corrected chi connectivity index (χ3v) is 4.92. The van der Waals surface area contributed by atoms with Gasteiger partial charge in [-0.15, -0.1) is 0 Å². The number of carbonyl (C=O) groups is 2. The van der Waals surface area contributed by atoms with Gasteiger partial charge in [0.05, 0.1) is 18.7 Å². The zero-order chi connectivity index (χ0) is 20.2. The van der Waals surface area contributed by atoms with Crippen molar-refractivity contribution in [3.63, 3.8) is 0 Å². The van der Waals surface area contributed by atoms with Crippen molar-refractivity contribution in [2.45, 2.75) is 19.4 Å². The number of rotatable bonds is 6. The van der Waals surface area contributed by atoms with Gasteiger partial charge in [0.25, 0.3) is 5.91 Å². The van der Waals surface area contributed by atoms with Crippen molar-refractivity contribution in [1.29, 1.82) is 0 Å². The Bertz CT molecular complexity index is 1160. The summed E-state index contributed by atoms with van der Waals surface area (Å²) in [7, 11) is 0. The molecule has 0 aliphatic rings. The molecule has 3 aromatic carbocycles. The third kappa shape index (κ3) is 4.14. The summed E-state index contributed by atoms with van der Waals surface area (Å²) in [6, 6.07) is 21.3. The molecule has 5 nitrogen and oxygen atoms in total. The maximum atomic E-state index is 12.3. The molecule has 0 aliphatic carbocycles. The van der Waals surface area contributed by atoms with Gasteiger partial charge in [-0.1, -0.05) is 60.7 Å². The van der Waals surface area contributed by atoms with Crippen molar-refractivity contribution in [3.8, 4) is 0 Å². The summed E-state index contributed by atoms with van der Waals surface area (Å²) >= 11 is 0. The molecule has 0 unspecified atom stereocenters. The van der Waals surface area contributed by atoms with E-state index < -0.39 is 5.97 Å². The van der Waals surface area contributed by atoms with E-state index in [0.717, 1.165) is 32.9 Å². The number of hydrogen-bond donors (Lipinski definition) is 1. The van der Waals surface area contributed by atoms with E-state index in [-0.39, 0.29) is 25.0 Å². The van der Waals surface area contributed by atoms with Crippen LogP contribution in [0.3, 0.4) is 0 Å². The molecule has 0 radical (unpaired) electrons. The van der Waals surface area contributed by atoms with E-state index in [2.05, 4.69) is 5.32 Å². The van der Waals surface area contributed by atoms with Gasteiger partial charge in [-0.3, -0.25) is 9.59 Å². The van der Waals surface area contributed by atoms with Crippen molar-refractivity contribution in [2.75, 3.05) is 6.61 Å². The summed E-state index contributed by atoms with van der Waals surface area (Å²) in [5, 5.41) is 5.83. The Balaban J connectivity index is 1.39. The highest BCUT2D eigenvalue weighted by molar-refractivity contribution is 6.08. The molecule has 1 atom stereocenters. The minimum Gasteiger partial charge on any atom is -0.464 e. The van der Waals surface area contributed by atoms with Crippen LogP contribution in [-0.4, -0.2) is 18.5 Å². The highest BCUT2D eigenvalue weighted by atomic mass is 16.5. The second-order valence-electron chi connectivity index (χ2n) is 6.96. The van der Waals surface area contributed by atoms with Gasteiger partial charge in [0.2, 0.25) is 0 Å². The van der Waals surface area contributed by atoms with E-state index in [1.807, 2.05) is 73.7 Å². The molecule has 1 amide bonds. The van der Waals surface area contributed by atoms with Gasteiger partial charge in [-0.05, 0) is 29.3 Å². The lowest BCUT2D eigenvalue weighted by atomic mass is 10.0. The maximum Gasteiger partial charge on any atom is 0.310 e.